The summed E-state index contributed by atoms with van der Waals surface area (Å²) in [7, 11) is -3.70. The fourth-order valence-electron chi connectivity index (χ4n) is 1.86. The highest BCUT2D eigenvalue weighted by atomic mass is 32.2. The molecular weight excluding hydrogens is 262 g/mol. The number of hydrogen-bond acceptors (Lipinski definition) is 4. The van der Waals surface area contributed by atoms with Gasteiger partial charge in [0.2, 0.25) is 10.0 Å². The Morgan fingerprint density at radius 2 is 1.89 bits per heavy atom. The molecule has 0 radical (unpaired) electrons. The predicted molar refractivity (Wildman–Crippen MR) is 78.4 cm³/mol. The third-order valence-corrected chi connectivity index (χ3v) is 3.98. The molecule has 0 bridgehead atoms. The molecule has 19 heavy (non-hydrogen) atoms. The van der Waals surface area contributed by atoms with E-state index in [2.05, 4.69) is 19.2 Å². The van der Waals surface area contributed by atoms with Gasteiger partial charge in [-0.05, 0) is 36.9 Å². The molecule has 0 heterocycles. The van der Waals surface area contributed by atoms with Gasteiger partial charge < -0.3 is 11.1 Å². The molecule has 1 aromatic rings. The van der Waals surface area contributed by atoms with Crippen molar-refractivity contribution in [3.63, 3.8) is 0 Å². The first-order chi connectivity index (χ1) is 8.76. The van der Waals surface area contributed by atoms with Crippen LogP contribution >= 0.6 is 0 Å². The first-order valence-electron chi connectivity index (χ1n) is 6.32. The van der Waals surface area contributed by atoms with E-state index in [9.17, 15) is 8.42 Å². The van der Waals surface area contributed by atoms with Gasteiger partial charge in [-0.25, -0.2) is 13.6 Å². The van der Waals surface area contributed by atoms with Gasteiger partial charge in [-0.2, -0.15) is 0 Å². The maximum atomic E-state index is 11.5. The molecule has 0 fully saturated rings. The number of rotatable bonds is 7. The van der Waals surface area contributed by atoms with Gasteiger partial charge in [0.25, 0.3) is 0 Å². The van der Waals surface area contributed by atoms with Gasteiger partial charge in [0.1, 0.15) is 4.90 Å². The van der Waals surface area contributed by atoms with Crippen LogP contribution in [0.5, 0.6) is 0 Å². The molecule has 0 atom stereocenters. The van der Waals surface area contributed by atoms with Crippen molar-refractivity contribution in [2.75, 3.05) is 18.4 Å². The van der Waals surface area contributed by atoms with Crippen LogP contribution in [0.3, 0.4) is 0 Å². The van der Waals surface area contributed by atoms with Crippen LogP contribution < -0.4 is 16.2 Å². The fourth-order valence-corrected chi connectivity index (χ4v) is 2.58. The lowest BCUT2D eigenvalue weighted by Crippen LogP contribution is -2.25. The summed E-state index contributed by atoms with van der Waals surface area (Å²) in [6.07, 6.45) is 1.93. The number of primary sulfonamides is 1. The van der Waals surface area contributed by atoms with E-state index in [0.717, 1.165) is 12.8 Å². The van der Waals surface area contributed by atoms with Crippen molar-refractivity contribution in [1.82, 2.24) is 0 Å². The molecule has 108 valence electrons. The van der Waals surface area contributed by atoms with Crippen molar-refractivity contribution in [2.24, 2.45) is 16.3 Å². The van der Waals surface area contributed by atoms with E-state index in [4.69, 9.17) is 10.9 Å². The highest BCUT2D eigenvalue weighted by molar-refractivity contribution is 7.89. The third kappa shape index (κ3) is 5.18. The Bertz CT molecular complexity index is 512. The second kappa shape index (κ2) is 6.36. The lowest BCUT2D eigenvalue weighted by Gasteiger charge is -2.25. The van der Waals surface area contributed by atoms with Crippen LogP contribution in [-0.2, 0) is 10.0 Å². The number of nitrogens with one attached hydrogen (secondary N) is 1. The van der Waals surface area contributed by atoms with E-state index in [1.165, 1.54) is 6.07 Å². The molecule has 0 saturated heterocycles. The van der Waals surface area contributed by atoms with Crippen LogP contribution in [-0.4, -0.2) is 21.5 Å². The number of sulfonamides is 1. The standard InChI is InChI=1S/C13H23N3O2S/c1-13(2,8-5-9-14)10-16-11-6-3-4-7-12(11)19(15,17)18/h3-4,6-7,16H,5,8-10,14H2,1-2H3,(H2,15,17,18). The topological polar surface area (TPSA) is 98.2 Å². The van der Waals surface area contributed by atoms with E-state index in [1.807, 2.05) is 0 Å². The monoisotopic (exact) mass is 285 g/mol. The van der Waals surface area contributed by atoms with Gasteiger partial charge in [0, 0.05) is 6.54 Å². The smallest absolute Gasteiger partial charge is 0.240 e. The Kier molecular flexibility index (Phi) is 5.34. The SMILES string of the molecule is CC(C)(CCCN)CNc1ccccc1S(N)(=O)=O. The molecule has 0 aromatic heterocycles. The lowest BCUT2D eigenvalue weighted by atomic mass is 9.87. The van der Waals surface area contributed by atoms with Gasteiger partial charge in [-0.1, -0.05) is 26.0 Å². The second-order valence-electron chi connectivity index (χ2n) is 5.45. The molecule has 5 N–H and O–H groups in total. The minimum absolute atomic E-state index is 0.0465. The van der Waals surface area contributed by atoms with Crippen LogP contribution in [0.4, 0.5) is 5.69 Å². The average Bonchev–Trinajstić information content (AvgIpc) is 2.33. The Morgan fingerprint density at radius 1 is 1.26 bits per heavy atom. The highest BCUT2D eigenvalue weighted by Crippen LogP contribution is 2.25. The van der Waals surface area contributed by atoms with Crippen molar-refractivity contribution in [1.29, 1.82) is 0 Å². The molecule has 0 amide bonds. The summed E-state index contributed by atoms with van der Waals surface area (Å²) in [4.78, 5) is 0.129. The first-order valence-corrected chi connectivity index (χ1v) is 7.87. The molecule has 6 heteroatoms. The summed E-state index contributed by atoms with van der Waals surface area (Å²) < 4.78 is 22.9. The van der Waals surface area contributed by atoms with Crippen LogP contribution in [0.2, 0.25) is 0 Å². The molecule has 0 aliphatic carbocycles. The van der Waals surface area contributed by atoms with Crippen molar-refractivity contribution >= 4 is 15.7 Å². The average molecular weight is 285 g/mol. The second-order valence-corrected chi connectivity index (χ2v) is 6.98. The number of benzene rings is 1. The number of nitrogens with two attached hydrogens (primary N) is 2. The van der Waals surface area contributed by atoms with Gasteiger partial charge >= 0.3 is 0 Å². The largest absolute Gasteiger partial charge is 0.383 e. The first kappa shape index (κ1) is 15.9. The summed E-state index contributed by atoms with van der Waals surface area (Å²) in [6.45, 7) is 5.57. The van der Waals surface area contributed by atoms with Crippen LogP contribution in [0.15, 0.2) is 29.2 Å². The van der Waals surface area contributed by atoms with Crippen molar-refractivity contribution in [3.8, 4) is 0 Å². The Hall–Kier alpha value is -1.11. The van der Waals surface area contributed by atoms with E-state index in [1.54, 1.807) is 18.2 Å². The predicted octanol–water partition coefficient (Wildman–Crippen LogP) is 1.51. The molecule has 5 nitrogen and oxygen atoms in total. The van der Waals surface area contributed by atoms with Gasteiger partial charge in [-0.15, -0.1) is 0 Å². The van der Waals surface area contributed by atoms with Gasteiger partial charge in [0.05, 0.1) is 5.69 Å². The highest BCUT2D eigenvalue weighted by Gasteiger charge is 2.19. The number of anilines is 1. The number of para-hydroxylation sites is 1. The third-order valence-electron chi connectivity index (χ3n) is 3.01. The molecule has 0 saturated carbocycles. The van der Waals surface area contributed by atoms with Gasteiger partial charge in [0.15, 0.2) is 0 Å². The summed E-state index contributed by atoms with van der Waals surface area (Å²) in [5.41, 5.74) is 6.10. The minimum Gasteiger partial charge on any atom is -0.383 e. The fraction of sp³-hybridized carbons (Fsp3) is 0.538. The van der Waals surface area contributed by atoms with Gasteiger partial charge in [-0.3, -0.25) is 0 Å². The zero-order valence-electron chi connectivity index (χ0n) is 11.5. The Labute approximate surface area is 115 Å². The molecule has 0 unspecified atom stereocenters. The van der Waals surface area contributed by atoms with E-state index < -0.39 is 10.0 Å². The molecular formula is C13H23N3O2S. The van der Waals surface area contributed by atoms with E-state index in [0.29, 0.717) is 18.8 Å². The summed E-state index contributed by atoms with van der Waals surface area (Å²) in [5.74, 6) is 0. The molecule has 1 rings (SSSR count). The summed E-state index contributed by atoms with van der Waals surface area (Å²) in [6, 6.07) is 6.66. The summed E-state index contributed by atoms with van der Waals surface area (Å²) >= 11 is 0. The zero-order valence-corrected chi connectivity index (χ0v) is 12.3. The Morgan fingerprint density at radius 3 is 2.47 bits per heavy atom. The number of hydrogen-bond donors (Lipinski definition) is 3. The van der Waals surface area contributed by atoms with Crippen molar-refractivity contribution < 1.29 is 8.42 Å². The summed E-state index contributed by atoms with van der Waals surface area (Å²) in [5, 5.41) is 8.36. The van der Waals surface area contributed by atoms with Crippen LogP contribution in [0.25, 0.3) is 0 Å². The van der Waals surface area contributed by atoms with Crippen LogP contribution in [0.1, 0.15) is 26.7 Å². The lowest BCUT2D eigenvalue weighted by molar-refractivity contribution is 0.350. The molecule has 1 aromatic carbocycles. The minimum atomic E-state index is -3.70. The normalized spacial score (nSPS) is 12.4. The maximum Gasteiger partial charge on any atom is 0.240 e. The van der Waals surface area contributed by atoms with Crippen molar-refractivity contribution in [3.05, 3.63) is 24.3 Å². The molecule has 0 aliphatic heterocycles. The Balaban J connectivity index is 2.79. The van der Waals surface area contributed by atoms with Crippen molar-refractivity contribution in [2.45, 2.75) is 31.6 Å². The van der Waals surface area contributed by atoms with Crippen LogP contribution in [0, 0.1) is 5.41 Å². The van der Waals surface area contributed by atoms with E-state index in [-0.39, 0.29) is 10.3 Å². The molecule has 0 aliphatic rings. The molecule has 0 spiro atoms. The zero-order chi connectivity index (χ0) is 14.5. The van der Waals surface area contributed by atoms with E-state index >= 15 is 0 Å². The maximum absolute atomic E-state index is 11.5. The quantitative estimate of drug-likeness (QED) is 0.707.